The minimum atomic E-state index is -0.573. The third-order valence-electron chi connectivity index (χ3n) is 4.61. The second kappa shape index (κ2) is 13.7. The number of alkyl carbamates (subject to hydrolysis) is 3. The summed E-state index contributed by atoms with van der Waals surface area (Å²) in [5.41, 5.74) is 2.15. The number of hydrogen-bond acceptors (Lipinski definition) is 6. The zero-order chi connectivity index (χ0) is 24.8. The van der Waals surface area contributed by atoms with Crippen LogP contribution in [0.25, 0.3) is 0 Å². The lowest BCUT2D eigenvalue weighted by atomic mass is 9.96. The monoisotopic (exact) mass is 471 g/mol. The van der Waals surface area contributed by atoms with Crippen LogP contribution < -0.4 is 16.0 Å². The van der Waals surface area contributed by atoms with Crippen molar-refractivity contribution in [1.82, 2.24) is 16.0 Å². The molecule has 0 atom stereocenters. The number of carbonyl (C=O) groups is 3. The van der Waals surface area contributed by atoms with Crippen molar-refractivity contribution in [2.45, 2.75) is 40.4 Å². The summed E-state index contributed by atoms with van der Waals surface area (Å²) in [6.45, 7) is 6.86. The maximum absolute atomic E-state index is 12.1. The maximum Gasteiger partial charge on any atom is 0.407 e. The minimum absolute atomic E-state index is 0.0777. The van der Waals surface area contributed by atoms with Crippen LogP contribution in [0.1, 0.15) is 37.5 Å². The van der Waals surface area contributed by atoms with Crippen LogP contribution >= 0.6 is 0 Å². The molecular weight excluding hydrogens is 438 g/mol. The lowest BCUT2D eigenvalue weighted by Crippen LogP contribution is -2.34. The van der Waals surface area contributed by atoms with Crippen molar-refractivity contribution >= 4 is 18.3 Å². The van der Waals surface area contributed by atoms with Gasteiger partial charge < -0.3 is 30.2 Å². The fourth-order valence-corrected chi connectivity index (χ4v) is 2.82. The normalized spacial score (nSPS) is 10.7. The van der Waals surface area contributed by atoms with E-state index in [0.29, 0.717) is 19.7 Å². The summed E-state index contributed by atoms with van der Waals surface area (Å²) in [5.74, 6) is 0. The number of ether oxygens (including phenoxy) is 3. The van der Waals surface area contributed by atoms with Gasteiger partial charge in [-0.15, -0.1) is 0 Å². The van der Waals surface area contributed by atoms with Crippen LogP contribution in [0.3, 0.4) is 0 Å². The van der Waals surface area contributed by atoms with Gasteiger partial charge in [0.2, 0.25) is 0 Å². The van der Waals surface area contributed by atoms with E-state index in [1.54, 1.807) is 6.92 Å². The SMILES string of the molecule is CCOC(=O)NCc1cccc(CNC(=O)OCC(C)(C)COC(=O)NCc2ccccc2)c1. The highest BCUT2D eigenvalue weighted by Crippen LogP contribution is 2.16. The van der Waals surface area contributed by atoms with Gasteiger partial charge in [-0.05, 0) is 23.6 Å². The Morgan fingerprint density at radius 2 is 1.12 bits per heavy atom. The number of rotatable bonds is 11. The second-order valence-electron chi connectivity index (χ2n) is 8.40. The van der Waals surface area contributed by atoms with Crippen molar-refractivity contribution in [3.05, 3.63) is 71.3 Å². The molecule has 2 rings (SSSR count). The number of benzene rings is 2. The number of carbonyl (C=O) groups excluding carboxylic acids is 3. The Hall–Kier alpha value is -3.75. The zero-order valence-corrected chi connectivity index (χ0v) is 19.9. The molecule has 3 amide bonds. The third-order valence-corrected chi connectivity index (χ3v) is 4.61. The fourth-order valence-electron chi connectivity index (χ4n) is 2.82. The lowest BCUT2D eigenvalue weighted by Gasteiger charge is -2.23. The van der Waals surface area contributed by atoms with Crippen LogP contribution in [0.2, 0.25) is 0 Å². The van der Waals surface area contributed by atoms with E-state index in [2.05, 4.69) is 16.0 Å². The van der Waals surface area contributed by atoms with Crippen molar-refractivity contribution in [3.8, 4) is 0 Å². The summed E-state index contributed by atoms with van der Waals surface area (Å²) >= 11 is 0. The summed E-state index contributed by atoms with van der Waals surface area (Å²) in [5, 5.41) is 8.03. The quantitative estimate of drug-likeness (QED) is 0.425. The van der Waals surface area contributed by atoms with E-state index in [1.807, 2.05) is 68.4 Å². The first-order valence-electron chi connectivity index (χ1n) is 11.1. The average molecular weight is 472 g/mol. The summed E-state index contributed by atoms with van der Waals surface area (Å²) in [4.78, 5) is 35.4. The molecule has 0 aliphatic carbocycles. The Morgan fingerprint density at radius 3 is 1.62 bits per heavy atom. The molecule has 2 aromatic rings. The van der Waals surface area contributed by atoms with Gasteiger partial charge in [0, 0.05) is 25.0 Å². The van der Waals surface area contributed by atoms with Crippen LogP contribution in [-0.2, 0) is 33.8 Å². The van der Waals surface area contributed by atoms with Crippen molar-refractivity contribution in [1.29, 1.82) is 0 Å². The van der Waals surface area contributed by atoms with Gasteiger partial charge in [0.25, 0.3) is 0 Å². The molecule has 0 aliphatic rings. The molecule has 34 heavy (non-hydrogen) atoms. The summed E-state index contributed by atoms with van der Waals surface area (Å²) < 4.78 is 15.4. The van der Waals surface area contributed by atoms with Crippen molar-refractivity contribution in [2.24, 2.45) is 5.41 Å². The van der Waals surface area contributed by atoms with Crippen LogP contribution in [0, 0.1) is 5.41 Å². The predicted molar refractivity (Wildman–Crippen MR) is 127 cm³/mol. The first-order valence-corrected chi connectivity index (χ1v) is 11.1. The number of nitrogens with one attached hydrogen (secondary N) is 3. The summed E-state index contributed by atoms with van der Waals surface area (Å²) in [6.07, 6.45) is -1.58. The van der Waals surface area contributed by atoms with Gasteiger partial charge >= 0.3 is 18.3 Å². The molecule has 0 heterocycles. The largest absolute Gasteiger partial charge is 0.450 e. The molecular formula is C25H33N3O6. The predicted octanol–water partition coefficient (Wildman–Crippen LogP) is 4.11. The van der Waals surface area contributed by atoms with Crippen LogP contribution in [-0.4, -0.2) is 38.1 Å². The molecule has 0 aliphatic heterocycles. The van der Waals surface area contributed by atoms with Gasteiger partial charge in [0.1, 0.15) is 13.2 Å². The van der Waals surface area contributed by atoms with E-state index in [-0.39, 0.29) is 19.8 Å². The highest BCUT2D eigenvalue weighted by atomic mass is 16.6. The molecule has 3 N–H and O–H groups in total. The minimum Gasteiger partial charge on any atom is -0.450 e. The van der Waals surface area contributed by atoms with Gasteiger partial charge in [0.05, 0.1) is 6.61 Å². The molecule has 2 aromatic carbocycles. The van der Waals surface area contributed by atoms with Crippen LogP contribution in [0.15, 0.2) is 54.6 Å². The first kappa shape index (κ1) is 26.5. The van der Waals surface area contributed by atoms with Gasteiger partial charge in [-0.1, -0.05) is 68.4 Å². The maximum atomic E-state index is 12.1. The fraction of sp³-hybridized carbons (Fsp3) is 0.400. The molecule has 184 valence electrons. The van der Waals surface area contributed by atoms with E-state index >= 15 is 0 Å². The molecule has 0 spiro atoms. The number of amides is 3. The van der Waals surface area contributed by atoms with Crippen molar-refractivity contribution < 1.29 is 28.6 Å². The molecule has 0 aromatic heterocycles. The van der Waals surface area contributed by atoms with Crippen molar-refractivity contribution in [3.63, 3.8) is 0 Å². The van der Waals surface area contributed by atoms with Crippen molar-refractivity contribution in [2.75, 3.05) is 19.8 Å². The Bertz CT molecular complexity index is 933. The molecule has 9 nitrogen and oxygen atoms in total. The average Bonchev–Trinajstić information content (AvgIpc) is 2.84. The number of hydrogen-bond donors (Lipinski definition) is 3. The Kier molecular flexibility index (Phi) is 10.7. The zero-order valence-electron chi connectivity index (χ0n) is 19.9. The second-order valence-corrected chi connectivity index (χ2v) is 8.40. The highest BCUT2D eigenvalue weighted by Gasteiger charge is 2.23. The summed E-state index contributed by atoms with van der Waals surface area (Å²) in [7, 11) is 0. The topological polar surface area (TPSA) is 115 Å². The Labute approximate surface area is 200 Å². The van der Waals surface area contributed by atoms with Crippen LogP contribution in [0.5, 0.6) is 0 Å². The highest BCUT2D eigenvalue weighted by molar-refractivity contribution is 5.68. The molecule has 0 radical (unpaired) electrons. The van der Waals surface area contributed by atoms with E-state index in [1.165, 1.54) is 0 Å². The van der Waals surface area contributed by atoms with Gasteiger partial charge in [-0.25, -0.2) is 14.4 Å². The van der Waals surface area contributed by atoms with Gasteiger partial charge in [0.15, 0.2) is 0 Å². The molecule has 9 heteroatoms. The molecule has 0 fully saturated rings. The van der Waals surface area contributed by atoms with E-state index in [0.717, 1.165) is 16.7 Å². The molecule has 0 saturated heterocycles. The lowest BCUT2D eigenvalue weighted by molar-refractivity contribution is 0.0463. The van der Waals surface area contributed by atoms with E-state index in [4.69, 9.17) is 14.2 Å². The molecule has 0 saturated carbocycles. The van der Waals surface area contributed by atoms with Gasteiger partial charge in [-0.3, -0.25) is 0 Å². The Balaban J connectivity index is 1.67. The van der Waals surface area contributed by atoms with Crippen LogP contribution in [0.4, 0.5) is 14.4 Å². The Morgan fingerprint density at radius 1 is 0.676 bits per heavy atom. The molecule has 0 unspecified atom stereocenters. The third kappa shape index (κ3) is 10.7. The summed E-state index contributed by atoms with van der Waals surface area (Å²) in [6, 6.07) is 17.0. The smallest absolute Gasteiger partial charge is 0.407 e. The van der Waals surface area contributed by atoms with E-state index in [9.17, 15) is 14.4 Å². The first-order chi connectivity index (χ1) is 16.3. The molecule has 0 bridgehead atoms. The van der Waals surface area contributed by atoms with E-state index < -0.39 is 23.7 Å². The van der Waals surface area contributed by atoms with Gasteiger partial charge in [-0.2, -0.15) is 0 Å². The standard InChI is InChI=1S/C25H33N3O6/c1-4-32-22(29)27-15-20-11-8-12-21(13-20)16-28-24(31)34-18-25(2,3)17-33-23(30)26-14-19-9-6-5-7-10-19/h5-13H,4,14-18H2,1-3H3,(H,26,30)(H,27,29)(H,28,31).